The Morgan fingerprint density at radius 2 is 1.83 bits per heavy atom. The molecule has 0 aromatic heterocycles. The van der Waals surface area contributed by atoms with Crippen LogP contribution in [0.25, 0.3) is 0 Å². The topological polar surface area (TPSA) is 65.6 Å². The summed E-state index contributed by atoms with van der Waals surface area (Å²) in [5.74, 6) is -1.20. The van der Waals surface area contributed by atoms with Crippen molar-refractivity contribution in [3.63, 3.8) is 0 Å². The number of halogens is 2. The number of quaternary nitrogens is 1. The van der Waals surface area contributed by atoms with Gasteiger partial charge < -0.3 is 4.90 Å². The molecule has 2 heterocycles. The van der Waals surface area contributed by atoms with Gasteiger partial charge in [-0.1, -0.05) is 41.9 Å². The fraction of sp³-hybridized carbons (Fsp3) is 0.318. The molecule has 0 unspecified atom stereocenters. The average molecular weight is 413 g/mol. The average Bonchev–Trinajstić information content (AvgIpc) is 3.05. The van der Waals surface area contributed by atoms with Gasteiger partial charge in [-0.05, 0) is 23.8 Å². The fourth-order valence-electron chi connectivity index (χ4n) is 4.41. The van der Waals surface area contributed by atoms with E-state index in [4.69, 9.17) is 11.6 Å². The summed E-state index contributed by atoms with van der Waals surface area (Å²) in [6.07, 6.45) is 1.36. The number of hydrogen-bond donors (Lipinski definition) is 1. The van der Waals surface area contributed by atoms with Crippen LogP contribution < -0.4 is 9.80 Å². The molecule has 1 N–H and O–H groups in total. The highest BCUT2D eigenvalue weighted by Crippen LogP contribution is 2.32. The number of carbonyl (C=O) groups is 2. The van der Waals surface area contributed by atoms with E-state index >= 15 is 0 Å². The molecule has 1 atom stereocenters. The van der Waals surface area contributed by atoms with Gasteiger partial charge in [0.15, 0.2) is 6.04 Å². The predicted octanol–water partition coefficient (Wildman–Crippen LogP) is 2.25. The Hall–Kier alpha value is -2.75. The molecule has 4 rings (SSSR count). The molecule has 0 saturated carbocycles. The van der Waals surface area contributed by atoms with E-state index < -0.39 is 17.3 Å². The monoisotopic (exact) mass is 412 g/mol. The van der Waals surface area contributed by atoms with Crippen LogP contribution >= 0.6 is 11.6 Å². The molecule has 0 aliphatic carbocycles. The largest absolute Gasteiger partial charge is 0.324 e. The first-order valence-electron chi connectivity index (χ1n) is 9.58. The maximum atomic E-state index is 13.4. The maximum Gasteiger partial charge on any atom is 0.292 e. The Morgan fingerprint density at radius 3 is 2.45 bits per heavy atom. The van der Waals surface area contributed by atoms with Crippen molar-refractivity contribution in [2.75, 3.05) is 18.0 Å². The molecule has 29 heavy (non-hydrogen) atoms. The summed E-state index contributed by atoms with van der Waals surface area (Å²) in [6.45, 7) is 1.26. The lowest BCUT2D eigenvalue weighted by Gasteiger charge is -2.37. The number of amides is 2. The molecule has 5 nitrogen and oxygen atoms in total. The Kier molecular flexibility index (Phi) is 5.12. The number of likely N-dealkylation sites (tertiary alicyclic amines) is 1. The van der Waals surface area contributed by atoms with Gasteiger partial charge in [-0.25, -0.2) is 9.29 Å². The second kappa shape index (κ2) is 7.58. The summed E-state index contributed by atoms with van der Waals surface area (Å²) >= 11 is 5.82. The first-order chi connectivity index (χ1) is 13.9. The number of rotatable bonds is 3. The predicted molar refractivity (Wildman–Crippen MR) is 106 cm³/mol. The van der Waals surface area contributed by atoms with Crippen LogP contribution in [0.3, 0.4) is 0 Å². The zero-order chi connectivity index (χ0) is 20.6. The molecular weight excluding hydrogens is 393 g/mol. The highest BCUT2D eigenvalue weighted by Gasteiger charge is 2.49. The highest BCUT2D eigenvalue weighted by atomic mass is 35.5. The van der Waals surface area contributed by atoms with Crippen molar-refractivity contribution in [1.82, 2.24) is 0 Å². The van der Waals surface area contributed by atoms with Crippen LogP contribution in [0.15, 0.2) is 48.5 Å². The van der Waals surface area contributed by atoms with Crippen molar-refractivity contribution >= 4 is 29.1 Å². The number of piperidine rings is 1. The van der Waals surface area contributed by atoms with Gasteiger partial charge in [0.1, 0.15) is 5.82 Å². The first-order valence-corrected chi connectivity index (χ1v) is 9.96. The highest BCUT2D eigenvalue weighted by molar-refractivity contribution is 6.31. The summed E-state index contributed by atoms with van der Waals surface area (Å²) in [7, 11) is 0. The van der Waals surface area contributed by atoms with E-state index in [1.807, 2.05) is 30.3 Å². The number of nitrogens with one attached hydrogen (secondary N) is 1. The zero-order valence-electron chi connectivity index (χ0n) is 15.7. The number of nitrogens with zero attached hydrogens (tertiary/aromatic N) is 2. The normalized spacial score (nSPS) is 27.1. The molecule has 0 spiro atoms. The second-order valence-electron chi connectivity index (χ2n) is 7.64. The van der Waals surface area contributed by atoms with Crippen molar-refractivity contribution in [1.29, 1.82) is 5.26 Å². The minimum Gasteiger partial charge on any atom is -0.324 e. The molecule has 2 saturated heterocycles. The Morgan fingerprint density at radius 1 is 1.14 bits per heavy atom. The summed E-state index contributed by atoms with van der Waals surface area (Å²) < 4.78 is 13.4. The minimum absolute atomic E-state index is 0.105. The van der Waals surface area contributed by atoms with Gasteiger partial charge in [-0.15, -0.1) is 0 Å². The third-order valence-corrected chi connectivity index (χ3v) is 6.38. The van der Waals surface area contributed by atoms with E-state index in [9.17, 15) is 19.2 Å². The zero-order valence-corrected chi connectivity index (χ0v) is 16.5. The third-order valence-electron chi connectivity index (χ3n) is 6.09. The van der Waals surface area contributed by atoms with E-state index in [1.165, 1.54) is 12.1 Å². The lowest BCUT2D eigenvalue weighted by atomic mass is 9.74. The van der Waals surface area contributed by atoms with Gasteiger partial charge in [-0.3, -0.25) is 9.59 Å². The van der Waals surface area contributed by atoms with Crippen LogP contribution in [0.4, 0.5) is 10.1 Å². The van der Waals surface area contributed by atoms with Gasteiger partial charge in [0.25, 0.3) is 5.91 Å². The van der Waals surface area contributed by atoms with Crippen LogP contribution in [0.2, 0.25) is 5.02 Å². The van der Waals surface area contributed by atoms with Gasteiger partial charge in [0.05, 0.1) is 41.7 Å². The SMILES string of the molecule is N#CC1(c2ccccc2)CC[NH+]([C@@H]2CC(=O)N(c3ccc(F)c(Cl)c3)C2=O)CC1. The molecule has 2 fully saturated rings. The molecule has 7 heteroatoms. The number of anilines is 1. The Bertz CT molecular complexity index is 997. The van der Waals surface area contributed by atoms with E-state index in [0.717, 1.165) is 21.4 Å². The lowest BCUT2D eigenvalue weighted by molar-refractivity contribution is -0.920. The molecule has 148 valence electrons. The number of imide groups is 1. The fourth-order valence-corrected chi connectivity index (χ4v) is 4.59. The van der Waals surface area contributed by atoms with Crippen LogP contribution in [-0.4, -0.2) is 30.9 Å². The summed E-state index contributed by atoms with van der Waals surface area (Å²) in [6, 6.07) is 15.6. The Balaban J connectivity index is 1.51. The van der Waals surface area contributed by atoms with Crippen LogP contribution in [0.1, 0.15) is 24.8 Å². The van der Waals surface area contributed by atoms with Crippen LogP contribution in [0.5, 0.6) is 0 Å². The lowest BCUT2D eigenvalue weighted by Crippen LogP contribution is -3.18. The molecule has 2 aromatic rings. The van der Waals surface area contributed by atoms with Crippen LogP contribution in [-0.2, 0) is 15.0 Å². The van der Waals surface area contributed by atoms with Gasteiger partial charge >= 0.3 is 0 Å². The third kappa shape index (κ3) is 3.41. The maximum absolute atomic E-state index is 13.4. The van der Waals surface area contributed by atoms with Gasteiger partial charge in [-0.2, -0.15) is 5.26 Å². The molecule has 2 aliphatic heterocycles. The molecule has 2 aliphatic rings. The molecule has 0 radical (unpaired) electrons. The molecule has 2 amide bonds. The number of carbonyl (C=O) groups excluding carboxylic acids is 2. The van der Waals surface area contributed by atoms with E-state index in [-0.39, 0.29) is 23.3 Å². The van der Waals surface area contributed by atoms with E-state index in [2.05, 4.69) is 6.07 Å². The molecule has 2 aromatic carbocycles. The summed E-state index contributed by atoms with van der Waals surface area (Å²) in [4.78, 5) is 27.7. The molecular formula is C22H20ClFN3O2+. The first kappa shape index (κ1) is 19.6. The van der Waals surface area contributed by atoms with Crippen molar-refractivity contribution in [3.05, 3.63) is 64.9 Å². The number of hydrogen-bond acceptors (Lipinski definition) is 3. The number of benzene rings is 2. The van der Waals surface area contributed by atoms with E-state index in [0.29, 0.717) is 31.6 Å². The van der Waals surface area contributed by atoms with Crippen molar-refractivity contribution in [2.24, 2.45) is 0 Å². The summed E-state index contributed by atoms with van der Waals surface area (Å²) in [5.41, 5.74) is 0.736. The Labute approximate surface area is 173 Å². The number of nitriles is 1. The van der Waals surface area contributed by atoms with Crippen LogP contribution in [0, 0.1) is 17.1 Å². The summed E-state index contributed by atoms with van der Waals surface area (Å²) in [5, 5.41) is 9.72. The van der Waals surface area contributed by atoms with Crippen molar-refractivity contribution in [3.8, 4) is 6.07 Å². The molecule has 0 bridgehead atoms. The minimum atomic E-state index is -0.596. The second-order valence-corrected chi connectivity index (χ2v) is 8.05. The van der Waals surface area contributed by atoms with E-state index in [1.54, 1.807) is 0 Å². The van der Waals surface area contributed by atoms with Gasteiger partial charge in [0, 0.05) is 12.8 Å². The smallest absolute Gasteiger partial charge is 0.292 e. The van der Waals surface area contributed by atoms with Crippen molar-refractivity contribution < 1.29 is 18.9 Å². The van der Waals surface area contributed by atoms with Crippen molar-refractivity contribution in [2.45, 2.75) is 30.7 Å². The standard InChI is InChI=1S/C22H19ClFN3O2/c23-17-12-16(6-7-18(17)24)27-20(28)13-19(21(27)29)26-10-8-22(14-25,9-11-26)15-4-2-1-3-5-15/h1-7,12,19H,8-11,13H2/p+1/t19-/m1/s1. The van der Waals surface area contributed by atoms with Gasteiger partial charge in [0.2, 0.25) is 5.91 Å². The quantitative estimate of drug-likeness (QED) is 0.786.